The second kappa shape index (κ2) is 29.5. The van der Waals surface area contributed by atoms with Crippen molar-refractivity contribution in [3.63, 3.8) is 0 Å². The number of hydrogen-bond donors (Lipinski definition) is 3. The minimum atomic E-state index is -0.357. The summed E-state index contributed by atoms with van der Waals surface area (Å²) in [6.45, 7) is 9.66. The average molecular weight is 1500 g/mol. The largest absolute Gasteiger partial charge is 0.356 e. The number of amides is 3. The highest BCUT2D eigenvalue weighted by Crippen LogP contribution is 2.51. The van der Waals surface area contributed by atoms with Gasteiger partial charge in [0.15, 0.2) is 0 Å². The molecule has 564 valence electrons. The van der Waals surface area contributed by atoms with E-state index >= 15 is 0 Å². The number of nitrogens with zero attached hydrogens (tertiary/aromatic N) is 21. The monoisotopic (exact) mass is 1500 g/mol. The third-order valence-electron chi connectivity index (χ3n) is 24.3. The van der Waals surface area contributed by atoms with Gasteiger partial charge >= 0.3 is 0 Å². The van der Waals surface area contributed by atoms with Crippen LogP contribution in [0.2, 0.25) is 0 Å². The summed E-state index contributed by atoms with van der Waals surface area (Å²) in [4.78, 5) is 57.7. The smallest absolute Gasteiger partial charge is 0.296 e. The Morgan fingerprint density at radius 2 is 0.805 bits per heavy atom. The lowest BCUT2D eigenvalue weighted by atomic mass is 9.69. The number of carbonyl (C=O) groups excluding carboxylic acids is 3. The molecule has 6 unspecified atom stereocenters. The molecule has 0 radical (unpaired) electrons. The van der Waals surface area contributed by atoms with E-state index in [9.17, 15) is 30.2 Å². The number of pyridine rings is 6. The third kappa shape index (κ3) is 13.4. The van der Waals surface area contributed by atoms with Gasteiger partial charge in [0.25, 0.3) is 17.7 Å². The van der Waals surface area contributed by atoms with E-state index in [-0.39, 0.29) is 34.3 Å². The molecule has 3 aliphatic carbocycles. The molecule has 113 heavy (non-hydrogen) atoms. The van der Waals surface area contributed by atoms with Gasteiger partial charge in [0.2, 0.25) is 0 Å². The summed E-state index contributed by atoms with van der Waals surface area (Å²) in [6.07, 6.45) is 53.3. The molecule has 0 aromatic carbocycles. The van der Waals surface area contributed by atoms with E-state index in [0.717, 1.165) is 191 Å². The average Bonchev–Trinajstić information content (AvgIpc) is 1.55. The van der Waals surface area contributed by atoms with Crippen LogP contribution in [0.1, 0.15) is 102 Å². The van der Waals surface area contributed by atoms with Crippen molar-refractivity contribution < 1.29 is 14.4 Å². The molecule has 4 aliphatic heterocycles. The maximum Gasteiger partial charge on any atom is 0.296 e. The summed E-state index contributed by atoms with van der Waals surface area (Å²) in [6, 6.07) is 25.9. The zero-order chi connectivity index (χ0) is 78.6. The Morgan fingerprint density at radius 3 is 1.12 bits per heavy atom. The van der Waals surface area contributed by atoms with Crippen LogP contribution >= 0.6 is 0 Å². The van der Waals surface area contributed by atoms with Gasteiger partial charge in [-0.1, -0.05) is 20.3 Å². The number of fused-ring (bicyclic) bond motifs is 9. The predicted octanol–water partition coefficient (Wildman–Crippen LogP) is 10.1. The minimum Gasteiger partial charge on any atom is -0.356 e. The topological polar surface area (TPSA) is 312 Å². The molecular weight excluding hydrogens is 1420 g/mol. The first-order valence-corrected chi connectivity index (χ1v) is 38.0. The Morgan fingerprint density at radius 1 is 0.451 bits per heavy atom. The maximum absolute atomic E-state index is 12.2. The highest BCUT2D eigenvalue weighted by molar-refractivity contribution is 5.95. The summed E-state index contributed by atoms with van der Waals surface area (Å²) >= 11 is 0. The summed E-state index contributed by atoms with van der Waals surface area (Å²) < 4.78 is 10.5. The number of aromatic nitrogens is 15. The molecule has 7 aliphatic rings. The van der Waals surface area contributed by atoms with E-state index in [2.05, 4.69) is 154 Å². The van der Waals surface area contributed by atoms with E-state index in [1.807, 2.05) is 114 Å². The van der Waals surface area contributed by atoms with Crippen LogP contribution in [0.5, 0.6) is 0 Å². The molecule has 3 saturated carbocycles. The quantitative estimate of drug-likeness (QED) is 0.0803. The minimum absolute atomic E-state index is 0.233. The van der Waals surface area contributed by atoms with Gasteiger partial charge in [-0.2, -0.15) is 46.4 Å². The standard InChI is InChI=1S/C30H30N8O.C29H28N8O.C27H24N8O/c1-4-10-30(35-28(39)5-2)24-7-8-25(30)19-37(18-24)27-9-6-20(13-32-27)26-11-21(23-15-33-36(3)16-23)17-38-29(26)22(12-31)14-34-38;1-4-27(38)34-29(5-2)23-7-8-24(29)18-36(17-23)26-9-6-19(12-31-26)25-10-20(22-14-32-35(3)15-22)16-37-28(25)21(11-30)13-33-37;1-4-25(36)32-27(2)9-21-8-22(10-27)35(21)24-6-5-17(12-29-24)23-7-18(20-14-30-33(3)15-20)16-34-26(23)19(11-28)13-31-34/h2,6,9,11,13-17,24-25H,4,7-8,10,18-19H2,1,3H3,(H,35,39);1,6,9-10,12-16,23-24H,5,7-8,17-18H2,2-3H3,(H,34,38);1,5-7,12-16,21-22H,8-10H2,2-3H3,(H,32,36). The number of rotatable bonds is 15. The number of aryl methyl sites for hydroxylation is 3. The van der Waals surface area contributed by atoms with Crippen molar-refractivity contribution in [2.45, 2.75) is 114 Å². The fraction of sp³-hybridized carbons (Fsp3) is 0.337. The van der Waals surface area contributed by atoms with Crippen molar-refractivity contribution in [2.24, 2.45) is 44.8 Å². The number of carbonyl (C=O) groups is 3. The molecule has 3 N–H and O–H groups in total. The van der Waals surface area contributed by atoms with Gasteiger partial charge in [-0.15, -0.1) is 19.3 Å². The lowest BCUT2D eigenvalue weighted by Crippen LogP contribution is -2.69. The molecule has 27 nitrogen and oxygen atoms in total. The van der Waals surface area contributed by atoms with Gasteiger partial charge in [-0.3, -0.25) is 28.4 Å². The van der Waals surface area contributed by atoms with Crippen molar-refractivity contribution in [2.75, 3.05) is 40.9 Å². The van der Waals surface area contributed by atoms with Crippen molar-refractivity contribution in [3.8, 4) is 122 Å². The zero-order valence-electron chi connectivity index (χ0n) is 63.6. The van der Waals surface area contributed by atoms with E-state index in [0.29, 0.717) is 52.4 Å². The first kappa shape index (κ1) is 73.3. The second-order valence-corrected chi connectivity index (χ2v) is 30.9. The number of terminal acetylenes is 3. The molecular formula is C86H82N24O3. The molecule has 0 spiro atoms. The van der Waals surface area contributed by atoms with E-state index in [1.54, 1.807) is 46.2 Å². The van der Waals surface area contributed by atoms with Gasteiger partial charge in [0.05, 0.1) is 70.4 Å². The van der Waals surface area contributed by atoms with Crippen molar-refractivity contribution in [1.82, 2.24) is 89.1 Å². The highest BCUT2D eigenvalue weighted by Gasteiger charge is 2.56. The van der Waals surface area contributed by atoms with Gasteiger partial charge in [0, 0.05) is 199 Å². The summed E-state index contributed by atoms with van der Waals surface area (Å²) in [5, 5.41) is 64.7. The van der Waals surface area contributed by atoms with Crippen LogP contribution in [0.3, 0.4) is 0 Å². The fourth-order valence-corrected chi connectivity index (χ4v) is 19.2. The molecule has 6 bridgehead atoms. The van der Waals surface area contributed by atoms with Gasteiger partial charge in [-0.25, -0.2) is 28.5 Å². The first-order chi connectivity index (χ1) is 54.8. The van der Waals surface area contributed by atoms with E-state index in [4.69, 9.17) is 34.2 Å². The molecule has 12 aromatic rings. The summed E-state index contributed by atoms with van der Waals surface area (Å²) in [5.41, 5.74) is 14.2. The van der Waals surface area contributed by atoms with Crippen LogP contribution in [0.15, 0.2) is 148 Å². The fourth-order valence-electron chi connectivity index (χ4n) is 19.2. The third-order valence-corrected chi connectivity index (χ3v) is 24.3. The number of anilines is 3. The van der Waals surface area contributed by atoms with Crippen LogP contribution < -0.4 is 30.7 Å². The maximum atomic E-state index is 12.2. The zero-order valence-corrected chi connectivity index (χ0v) is 63.6. The van der Waals surface area contributed by atoms with Crippen LogP contribution in [0.4, 0.5) is 17.5 Å². The van der Waals surface area contributed by atoms with Gasteiger partial charge < -0.3 is 30.7 Å². The van der Waals surface area contributed by atoms with Crippen LogP contribution in [0, 0.1) is 94.7 Å². The molecule has 19 rings (SSSR count). The lowest BCUT2D eigenvalue weighted by molar-refractivity contribution is -0.119. The normalized spacial score (nSPS) is 22.2. The van der Waals surface area contributed by atoms with E-state index < -0.39 is 0 Å². The summed E-state index contributed by atoms with van der Waals surface area (Å²) in [7, 11) is 5.65. The molecule has 27 heteroatoms. The molecule has 4 saturated heterocycles. The lowest BCUT2D eigenvalue weighted by Gasteiger charge is -2.59. The Kier molecular flexibility index (Phi) is 19.1. The SMILES string of the molecule is C#CC(=O)NC1(C)CC2CC(C1)N2c1ccc(-c2cc(-c3cnn(C)c3)cn3ncc(C#N)c23)cn1.C#CC(=O)NC1(CC)C2CCC1CN(c1ccc(-c3cc(-c4cnn(C)c4)cn4ncc(C#N)c34)cn1)C2.C#CC(=O)NC1(CCC)C2CCC1CN(c1ccc(-c3cc(-c4cnn(C)c4)cn4ncc(C#N)c34)cn1)C2. The van der Waals surface area contributed by atoms with Crippen molar-refractivity contribution in [3.05, 3.63) is 164 Å². The van der Waals surface area contributed by atoms with Crippen molar-refractivity contribution in [1.29, 1.82) is 15.8 Å². The van der Waals surface area contributed by atoms with E-state index in [1.165, 1.54) is 0 Å². The Labute approximate surface area is 653 Å². The van der Waals surface area contributed by atoms with Gasteiger partial charge in [-0.05, 0) is 161 Å². The van der Waals surface area contributed by atoms with Crippen molar-refractivity contribution >= 4 is 51.7 Å². The molecule has 7 fully saturated rings. The second-order valence-electron chi connectivity index (χ2n) is 30.9. The Hall–Kier alpha value is -13.9. The number of piperidine rings is 3. The number of hydrogen-bond acceptors (Lipinski definition) is 18. The number of nitriles is 3. The number of nitrogens with one attached hydrogen (secondary N) is 3. The first-order valence-electron chi connectivity index (χ1n) is 38.0. The summed E-state index contributed by atoms with van der Waals surface area (Å²) in [5.74, 6) is 9.70. The van der Waals surface area contributed by atoms with Crippen LogP contribution in [-0.2, 0) is 35.5 Å². The van der Waals surface area contributed by atoms with Crippen LogP contribution in [0.25, 0.3) is 83.3 Å². The van der Waals surface area contributed by atoms with Crippen LogP contribution in [-0.4, -0.2) is 146 Å². The Balaban J connectivity index is 0.000000128. The molecule has 6 atom stereocenters. The molecule has 12 aromatic heterocycles. The molecule has 3 amide bonds. The van der Waals surface area contributed by atoms with Gasteiger partial charge in [0.1, 0.15) is 35.7 Å². The highest BCUT2D eigenvalue weighted by atomic mass is 16.2. The molecule has 16 heterocycles. The Bertz CT molecular complexity index is 5950. The predicted molar refractivity (Wildman–Crippen MR) is 427 cm³/mol.